The lowest BCUT2D eigenvalue weighted by Crippen LogP contribution is -2.01. The number of pyridine rings is 1. The average molecular weight is 376 g/mol. The third-order valence-corrected chi connectivity index (χ3v) is 5.87. The number of methoxy groups -OCH3 is 1. The normalized spacial score (nSPS) is 11.8. The summed E-state index contributed by atoms with van der Waals surface area (Å²) in [6.07, 6.45) is 0. The maximum Gasteiger partial charge on any atom is 0.327 e. The summed E-state index contributed by atoms with van der Waals surface area (Å²) in [5.74, 6) is 0.752. The first-order valence-electron chi connectivity index (χ1n) is 7.18. The Bertz CT molecular complexity index is 718. The van der Waals surface area contributed by atoms with Crippen LogP contribution in [0.25, 0.3) is 10.9 Å². The Labute approximate surface area is 146 Å². The van der Waals surface area contributed by atoms with E-state index in [-0.39, 0.29) is 6.61 Å². The van der Waals surface area contributed by atoms with Gasteiger partial charge in [-0.1, -0.05) is 11.6 Å². The second kappa shape index (κ2) is 8.38. The molecule has 0 aliphatic heterocycles. The van der Waals surface area contributed by atoms with Gasteiger partial charge in [-0.05, 0) is 49.9 Å². The predicted molar refractivity (Wildman–Crippen MR) is 95.6 cm³/mol. The van der Waals surface area contributed by atoms with Gasteiger partial charge in [0.05, 0.1) is 32.4 Å². The Morgan fingerprint density at radius 2 is 1.83 bits per heavy atom. The Morgan fingerprint density at radius 1 is 1.13 bits per heavy atom. The van der Waals surface area contributed by atoms with Crippen LogP contribution in [0.1, 0.15) is 19.4 Å². The number of hydrogen-bond donors (Lipinski definition) is 0. The van der Waals surface area contributed by atoms with Gasteiger partial charge >= 0.3 is 6.72 Å². The Kier molecular flexibility index (Phi) is 6.77. The second-order valence-corrected chi connectivity index (χ2v) is 7.92. The smallest absolute Gasteiger partial charge is 0.327 e. The third kappa shape index (κ3) is 4.86. The van der Waals surface area contributed by atoms with Gasteiger partial charge in [0.25, 0.3) is 0 Å². The molecule has 0 N–H and O–H groups in total. The van der Waals surface area contributed by atoms with Crippen LogP contribution in [0.5, 0.6) is 5.75 Å². The van der Waals surface area contributed by atoms with E-state index in [0.717, 1.165) is 22.2 Å². The van der Waals surface area contributed by atoms with Crippen molar-refractivity contribution in [2.45, 2.75) is 20.5 Å². The first-order chi connectivity index (χ1) is 11.0. The van der Waals surface area contributed by atoms with Gasteiger partial charge in [-0.15, -0.1) is 0 Å². The number of aromatic nitrogens is 1. The Hall–Kier alpha value is -0.750. The molecule has 23 heavy (non-hydrogen) atoms. The summed E-state index contributed by atoms with van der Waals surface area (Å²) in [5.41, 5.74) is 1.51. The molecule has 1 heterocycles. The van der Waals surface area contributed by atoms with Gasteiger partial charge in [0.2, 0.25) is 0 Å². The van der Waals surface area contributed by atoms with Crippen LogP contribution in [-0.2, 0) is 32.0 Å². The molecular formula is C15H19ClNO4PS. The molecule has 0 unspecified atom stereocenters. The van der Waals surface area contributed by atoms with Crippen LogP contribution in [0, 0.1) is 0 Å². The van der Waals surface area contributed by atoms with Crippen molar-refractivity contribution in [3.8, 4) is 5.75 Å². The summed E-state index contributed by atoms with van der Waals surface area (Å²) in [7, 11) is 1.62. The van der Waals surface area contributed by atoms with Crippen LogP contribution in [0.2, 0.25) is 5.15 Å². The molecule has 0 saturated heterocycles. The van der Waals surface area contributed by atoms with Crippen molar-refractivity contribution in [1.29, 1.82) is 0 Å². The minimum atomic E-state index is -2.76. The largest absolute Gasteiger partial charge is 0.497 e. The highest BCUT2D eigenvalue weighted by molar-refractivity contribution is 8.07. The van der Waals surface area contributed by atoms with Gasteiger partial charge in [0, 0.05) is 10.9 Å². The monoisotopic (exact) mass is 375 g/mol. The van der Waals surface area contributed by atoms with Crippen molar-refractivity contribution >= 4 is 41.0 Å². The summed E-state index contributed by atoms with van der Waals surface area (Å²) < 4.78 is 21.8. The first-order valence-corrected chi connectivity index (χ1v) is 10.1. The molecule has 0 aliphatic rings. The van der Waals surface area contributed by atoms with Crippen molar-refractivity contribution in [2.24, 2.45) is 0 Å². The number of rotatable bonds is 8. The number of hydrogen-bond acceptors (Lipinski definition) is 6. The highest BCUT2D eigenvalue weighted by atomic mass is 35.5. The van der Waals surface area contributed by atoms with E-state index in [1.165, 1.54) is 0 Å². The topological polar surface area (TPSA) is 49.8 Å². The predicted octanol–water partition coefficient (Wildman–Crippen LogP) is 4.71. The van der Waals surface area contributed by atoms with Gasteiger partial charge in [0.15, 0.2) is 0 Å². The van der Waals surface area contributed by atoms with E-state index < -0.39 is 6.72 Å². The van der Waals surface area contributed by atoms with Crippen LogP contribution < -0.4 is 4.74 Å². The van der Waals surface area contributed by atoms with Crippen molar-refractivity contribution in [2.75, 3.05) is 20.3 Å². The second-order valence-electron chi connectivity index (χ2n) is 4.55. The van der Waals surface area contributed by atoms with E-state index in [1.54, 1.807) is 7.11 Å². The van der Waals surface area contributed by atoms with Gasteiger partial charge in [-0.3, -0.25) is 0 Å². The van der Waals surface area contributed by atoms with E-state index in [2.05, 4.69) is 4.98 Å². The maximum absolute atomic E-state index is 6.23. The molecule has 0 saturated carbocycles. The van der Waals surface area contributed by atoms with Crippen molar-refractivity contribution < 1.29 is 18.3 Å². The van der Waals surface area contributed by atoms with Crippen LogP contribution in [-0.4, -0.2) is 25.3 Å². The third-order valence-electron chi connectivity index (χ3n) is 3.00. The summed E-state index contributed by atoms with van der Waals surface area (Å²) in [6.45, 7) is 1.97. The molecule has 0 atom stereocenters. The molecule has 0 bridgehead atoms. The molecule has 0 spiro atoms. The van der Waals surface area contributed by atoms with Crippen molar-refractivity contribution in [1.82, 2.24) is 4.98 Å². The van der Waals surface area contributed by atoms with E-state index >= 15 is 0 Å². The number of benzene rings is 1. The standard InChI is InChI=1S/C15H19ClNO4PS/c1-4-19-22(23,20-5-2)21-10-12-8-11-9-13(18-3)6-7-14(11)17-15(12)16/h6-9H,4-5,10H2,1-3H3. The first kappa shape index (κ1) is 18.6. The fourth-order valence-corrected chi connectivity index (χ4v) is 4.12. The quantitative estimate of drug-likeness (QED) is 0.492. The molecule has 1 aromatic carbocycles. The molecule has 0 fully saturated rings. The molecule has 126 valence electrons. The van der Waals surface area contributed by atoms with E-state index in [0.29, 0.717) is 18.4 Å². The molecule has 2 rings (SSSR count). The number of fused-ring (bicyclic) bond motifs is 1. The zero-order chi connectivity index (χ0) is 16.9. The zero-order valence-corrected chi connectivity index (χ0v) is 15.7. The van der Waals surface area contributed by atoms with Gasteiger partial charge < -0.3 is 18.3 Å². The molecule has 0 radical (unpaired) electrons. The van der Waals surface area contributed by atoms with Crippen LogP contribution in [0.3, 0.4) is 0 Å². The molecule has 5 nitrogen and oxygen atoms in total. The minimum absolute atomic E-state index is 0.177. The summed E-state index contributed by atoms with van der Waals surface area (Å²) in [4.78, 5) is 4.37. The van der Waals surface area contributed by atoms with Crippen LogP contribution in [0.15, 0.2) is 24.3 Å². The fourth-order valence-electron chi connectivity index (χ4n) is 1.98. The number of nitrogens with zero attached hydrogens (tertiary/aromatic N) is 1. The minimum Gasteiger partial charge on any atom is -0.497 e. The van der Waals surface area contributed by atoms with Crippen LogP contribution >= 0.6 is 18.3 Å². The van der Waals surface area contributed by atoms with Gasteiger partial charge in [-0.2, -0.15) is 0 Å². The Morgan fingerprint density at radius 3 is 2.43 bits per heavy atom. The fraction of sp³-hybridized carbons (Fsp3) is 0.400. The highest BCUT2D eigenvalue weighted by Gasteiger charge is 2.20. The van der Waals surface area contributed by atoms with E-state index in [9.17, 15) is 0 Å². The molecule has 1 aromatic heterocycles. The van der Waals surface area contributed by atoms with Crippen molar-refractivity contribution in [3.05, 3.63) is 35.0 Å². The zero-order valence-electron chi connectivity index (χ0n) is 13.2. The lowest BCUT2D eigenvalue weighted by atomic mass is 10.1. The van der Waals surface area contributed by atoms with E-state index in [1.807, 2.05) is 38.1 Å². The average Bonchev–Trinajstić information content (AvgIpc) is 2.53. The lowest BCUT2D eigenvalue weighted by Gasteiger charge is -2.20. The van der Waals surface area contributed by atoms with Gasteiger partial charge in [0.1, 0.15) is 10.9 Å². The summed E-state index contributed by atoms with van der Waals surface area (Å²) in [6, 6.07) is 7.50. The summed E-state index contributed by atoms with van der Waals surface area (Å²) in [5, 5.41) is 1.28. The summed E-state index contributed by atoms with van der Waals surface area (Å²) >= 11 is 11.6. The Balaban J connectivity index is 2.25. The SMILES string of the molecule is CCOP(=S)(OCC)OCc1cc2cc(OC)ccc2nc1Cl. The lowest BCUT2D eigenvalue weighted by molar-refractivity contribution is 0.161. The van der Waals surface area contributed by atoms with Crippen LogP contribution in [0.4, 0.5) is 0 Å². The van der Waals surface area contributed by atoms with Crippen molar-refractivity contribution in [3.63, 3.8) is 0 Å². The molecule has 8 heteroatoms. The maximum atomic E-state index is 6.23. The van der Waals surface area contributed by atoms with Gasteiger partial charge in [-0.25, -0.2) is 4.98 Å². The highest BCUT2D eigenvalue weighted by Crippen LogP contribution is 2.50. The number of ether oxygens (including phenoxy) is 1. The number of halogens is 1. The van der Waals surface area contributed by atoms with E-state index in [4.69, 9.17) is 41.7 Å². The molecule has 0 amide bonds. The molecule has 0 aliphatic carbocycles. The molecule has 2 aromatic rings. The molecular weight excluding hydrogens is 357 g/mol.